The molecule has 1 aromatic heterocycles. The Kier molecular flexibility index (Phi) is 5.03. The van der Waals surface area contributed by atoms with Gasteiger partial charge >= 0.3 is 0 Å². The molecule has 1 aliphatic carbocycles. The van der Waals surface area contributed by atoms with Crippen LogP contribution in [-0.2, 0) is 0 Å². The van der Waals surface area contributed by atoms with Crippen LogP contribution >= 0.6 is 0 Å². The summed E-state index contributed by atoms with van der Waals surface area (Å²) < 4.78 is 13.7. The van der Waals surface area contributed by atoms with Gasteiger partial charge in [0.15, 0.2) is 5.82 Å². The van der Waals surface area contributed by atoms with Gasteiger partial charge in [0, 0.05) is 31.5 Å². The van der Waals surface area contributed by atoms with Crippen LogP contribution in [0.1, 0.15) is 42.1 Å². The number of nitrogens with one attached hydrogen (secondary N) is 1. The van der Waals surface area contributed by atoms with Crippen LogP contribution in [0.25, 0.3) is 5.57 Å². The molecule has 5 heteroatoms. The Balaban J connectivity index is 1.45. The van der Waals surface area contributed by atoms with E-state index in [1.807, 2.05) is 24.3 Å². The maximum Gasteiger partial charge on any atom is 0.258 e. The zero-order valence-electron chi connectivity index (χ0n) is 15.5. The predicted octanol–water partition coefficient (Wildman–Crippen LogP) is 4.36. The van der Waals surface area contributed by atoms with Crippen molar-refractivity contribution >= 4 is 17.2 Å². The van der Waals surface area contributed by atoms with Crippen molar-refractivity contribution in [2.75, 3.05) is 25.0 Å². The van der Waals surface area contributed by atoms with Crippen LogP contribution in [0.3, 0.4) is 0 Å². The summed E-state index contributed by atoms with van der Waals surface area (Å²) in [4.78, 5) is 18.5. The Morgan fingerprint density at radius 1 is 1.26 bits per heavy atom. The third kappa shape index (κ3) is 4.25. The third-order valence-corrected chi connectivity index (χ3v) is 5.42. The van der Waals surface area contributed by atoms with Crippen molar-refractivity contribution in [2.45, 2.75) is 26.2 Å². The van der Waals surface area contributed by atoms with Crippen molar-refractivity contribution in [1.82, 2.24) is 9.88 Å². The minimum Gasteiger partial charge on any atom is -0.322 e. The molecular weight excluding hydrogens is 341 g/mol. The second kappa shape index (κ2) is 7.61. The molecule has 2 aromatic rings. The lowest BCUT2D eigenvalue weighted by atomic mass is 9.94. The fourth-order valence-corrected chi connectivity index (χ4v) is 3.59. The quantitative estimate of drug-likeness (QED) is 0.856. The fourth-order valence-electron chi connectivity index (χ4n) is 3.59. The number of rotatable bonds is 5. The molecule has 0 bridgehead atoms. The lowest BCUT2D eigenvalue weighted by molar-refractivity contribution is 0.102. The lowest BCUT2D eigenvalue weighted by Crippen LogP contribution is -2.32. The summed E-state index contributed by atoms with van der Waals surface area (Å²) in [5.41, 5.74) is 4.68. The number of carbonyl (C=O) groups is 1. The Bertz CT molecular complexity index is 871. The fraction of sp³-hybridized carbons (Fsp3) is 0.364. The van der Waals surface area contributed by atoms with E-state index in [1.54, 1.807) is 0 Å². The number of amides is 1. The highest BCUT2D eigenvalue weighted by Crippen LogP contribution is 2.33. The molecule has 0 saturated heterocycles. The molecule has 1 saturated carbocycles. The molecule has 2 aliphatic rings. The molecule has 2 heterocycles. The molecular formula is C22H24FN3O. The molecule has 140 valence electrons. The molecule has 0 atom stereocenters. The highest BCUT2D eigenvalue weighted by atomic mass is 19.1. The lowest BCUT2D eigenvalue weighted by Gasteiger charge is -2.30. The first kappa shape index (κ1) is 17.9. The molecule has 0 spiro atoms. The van der Waals surface area contributed by atoms with Crippen LogP contribution in [0.15, 0.2) is 48.3 Å². The number of anilines is 1. The van der Waals surface area contributed by atoms with Gasteiger partial charge in [-0.05, 0) is 61.4 Å². The Morgan fingerprint density at radius 3 is 2.74 bits per heavy atom. The summed E-state index contributed by atoms with van der Waals surface area (Å²) in [6, 6.07) is 9.22. The second-order valence-electron chi connectivity index (χ2n) is 7.57. The van der Waals surface area contributed by atoms with E-state index in [-0.39, 0.29) is 5.56 Å². The molecule has 4 nitrogen and oxygen atoms in total. The first-order chi connectivity index (χ1) is 13.1. The summed E-state index contributed by atoms with van der Waals surface area (Å²) in [7, 11) is 0. The van der Waals surface area contributed by atoms with Crippen LogP contribution in [0, 0.1) is 11.7 Å². The maximum atomic E-state index is 13.7. The van der Waals surface area contributed by atoms with E-state index in [0.717, 1.165) is 31.6 Å². The molecule has 1 aliphatic heterocycles. The number of aromatic nitrogens is 1. The summed E-state index contributed by atoms with van der Waals surface area (Å²) in [6.07, 6.45) is 6.32. The number of benzene rings is 1. The van der Waals surface area contributed by atoms with Gasteiger partial charge in [0.2, 0.25) is 0 Å². The minimum absolute atomic E-state index is 0.00405. The van der Waals surface area contributed by atoms with Crippen LogP contribution < -0.4 is 5.32 Å². The number of hydrogen-bond acceptors (Lipinski definition) is 3. The van der Waals surface area contributed by atoms with Gasteiger partial charge in [0.05, 0.1) is 11.8 Å². The molecule has 1 amide bonds. The van der Waals surface area contributed by atoms with Crippen molar-refractivity contribution in [3.05, 3.63) is 65.2 Å². The van der Waals surface area contributed by atoms with E-state index in [9.17, 15) is 9.18 Å². The molecule has 1 N–H and O–H groups in total. The van der Waals surface area contributed by atoms with Crippen molar-refractivity contribution in [3.8, 4) is 0 Å². The van der Waals surface area contributed by atoms with Gasteiger partial charge in [-0.1, -0.05) is 17.7 Å². The molecule has 0 unspecified atom stereocenters. The third-order valence-electron chi connectivity index (χ3n) is 5.42. The molecule has 1 fully saturated rings. The monoisotopic (exact) mass is 365 g/mol. The minimum atomic E-state index is -0.620. The molecule has 0 radical (unpaired) electrons. The summed E-state index contributed by atoms with van der Waals surface area (Å²) in [5, 5.41) is 2.75. The van der Waals surface area contributed by atoms with Crippen LogP contribution in [-0.4, -0.2) is 35.4 Å². The Labute approximate surface area is 159 Å². The highest BCUT2D eigenvalue weighted by molar-refractivity contribution is 6.04. The van der Waals surface area contributed by atoms with Crippen LogP contribution in [0.4, 0.5) is 10.1 Å². The first-order valence-electron chi connectivity index (χ1n) is 9.52. The van der Waals surface area contributed by atoms with Crippen LogP contribution in [0.2, 0.25) is 0 Å². The Morgan fingerprint density at radius 2 is 2.04 bits per heavy atom. The van der Waals surface area contributed by atoms with Gasteiger partial charge in [0.25, 0.3) is 5.91 Å². The van der Waals surface area contributed by atoms with E-state index < -0.39 is 11.7 Å². The van der Waals surface area contributed by atoms with Gasteiger partial charge < -0.3 is 5.32 Å². The van der Waals surface area contributed by atoms with Gasteiger partial charge in [-0.15, -0.1) is 0 Å². The van der Waals surface area contributed by atoms with Gasteiger partial charge in [0.1, 0.15) is 0 Å². The van der Waals surface area contributed by atoms with Gasteiger partial charge in [-0.2, -0.15) is 0 Å². The maximum absolute atomic E-state index is 13.7. The average molecular weight is 365 g/mol. The average Bonchev–Trinajstić information content (AvgIpc) is 3.48. The predicted molar refractivity (Wildman–Crippen MR) is 105 cm³/mol. The van der Waals surface area contributed by atoms with Crippen molar-refractivity contribution in [2.24, 2.45) is 5.92 Å². The molecule has 1 aromatic carbocycles. The second-order valence-corrected chi connectivity index (χ2v) is 7.57. The normalized spacial score (nSPS) is 17.9. The number of halogens is 1. The van der Waals surface area contributed by atoms with Gasteiger partial charge in [-0.3, -0.25) is 14.7 Å². The Hall–Kier alpha value is -2.53. The summed E-state index contributed by atoms with van der Waals surface area (Å²) in [6.45, 7) is 5.57. The van der Waals surface area contributed by atoms with E-state index in [2.05, 4.69) is 22.1 Å². The summed E-state index contributed by atoms with van der Waals surface area (Å²) in [5.74, 6) is -0.187. The van der Waals surface area contributed by atoms with E-state index in [0.29, 0.717) is 5.69 Å². The SMILES string of the molecule is CC1=C(c2ccc(NC(=O)c3ccncc3F)cc2)CN(CC2CC2)CC1. The van der Waals surface area contributed by atoms with Crippen molar-refractivity contribution in [1.29, 1.82) is 0 Å². The molecule has 4 rings (SSSR count). The van der Waals surface area contributed by atoms with Crippen LogP contribution in [0.5, 0.6) is 0 Å². The smallest absolute Gasteiger partial charge is 0.258 e. The number of carbonyl (C=O) groups excluding carboxylic acids is 1. The van der Waals surface area contributed by atoms with E-state index in [4.69, 9.17) is 0 Å². The number of hydrogen-bond donors (Lipinski definition) is 1. The van der Waals surface area contributed by atoms with Crippen molar-refractivity contribution < 1.29 is 9.18 Å². The topological polar surface area (TPSA) is 45.2 Å². The summed E-state index contributed by atoms with van der Waals surface area (Å²) >= 11 is 0. The molecule has 27 heavy (non-hydrogen) atoms. The first-order valence-corrected chi connectivity index (χ1v) is 9.52. The number of pyridine rings is 1. The largest absolute Gasteiger partial charge is 0.322 e. The van der Waals surface area contributed by atoms with Crippen molar-refractivity contribution in [3.63, 3.8) is 0 Å². The van der Waals surface area contributed by atoms with E-state index >= 15 is 0 Å². The zero-order valence-corrected chi connectivity index (χ0v) is 15.5. The highest BCUT2D eigenvalue weighted by Gasteiger charge is 2.26. The van der Waals surface area contributed by atoms with E-state index in [1.165, 1.54) is 48.4 Å². The zero-order chi connectivity index (χ0) is 18.8. The number of nitrogens with zero attached hydrogens (tertiary/aromatic N) is 2. The van der Waals surface area contributed by atoms with Gasteiger partial charge in [-0.25, -0.2) is 4.39 Å². The standard InChI is InChI=1S/C22H24FN3O/c1-15-9-11-26(13-16-2-3-16)14-20(15)17-4-6-18(7-5-17)25-22(27)19-8-10-24-12-21(19)23/h4-8,10,12,16H,2-3,9,11,13-14H2,1H3,(H,25,27).